The van der Waals surface area contributed by atoms with Crippen molar-refractivity contribution in [2.75, 3.05) is 9.91 Å². The molecule has 0 radical (unpaired) electrons. The minimum atomic E-state index is -0.642. The molecule has 5 aromatic rings. The molecule has 5 heteroatoms. The Labute approximate surface area is 238 Å². The fraction of sp³-hybridized carbons (Fsp3) is 0.0882. The highest BCUT2D eigenvalue weighted by molar-refractivity contribution is 7.99. The number of hydrogen-bond donors (Lipinski definition) is 0. The molecule has 0 fully saturated rings. The first-order chi connectivity index (χ1) is 19.2. The van der Waals surface area contributed by atoms with E-state index in [0.29, 0.717) is 0 Å². The molecule has 5 aromatic carbocycles. The summed E-state index contributed by atoms with van der Waals surface area (Å²) in [4.78, 5) is 3.70. The first kappa shape index (κ1) is 24.1. The predicted octanol–water partition coefficient (Wildman–Crippen LogP) is 9.12. The molecule has 190 valence electrons. The predicted molar refractivity (Wildman–Crippen MR) is 164 cm³/mol. The number of thioether (sulfide) groups is 1. The van der Waals surface area contributed by atoms with E-state index < -0.39 is 5.66 Å². The maximum Gasteiger partial charge on any atom is 0.167 e. The molecule has 0 saturated heterocycles. The lowest BCUT2D eigenvalue weighted by molar-refractivity contribution is 0.407. The van der Waals surface area contributed by atoms with Crippen molar-refractivity contribution in [3.05, 3.63) is 161 Å². The Hall–Kier alpha value is -3.99. The zero-order valence-electron chi connectivity index (χ0n) is 21.2. The third-order valence-corrected chi connectivity index (χ3v) is 9.06. The maximum absolute atomic E-state index is 6.45. The number of rotatable bonds is 4. The third-order valence-electron chi connectivity index (χ3n) is 7.48. The Bertz CT molecular complexity index is 1620. The second kappa shape index (κ2) is 9.96. The first-order valence-electron chi connectivity index (χ1n) is 13.1. The van der Waals surface area contributed by atoms with Gasteiger partial charge in [-0.1, -0.05) is 115 Å². The fourth-order valence-electron chi connectivity index (χ4n) is 5.73. The van der Waals surface area contributed by atoms with Gasteiger partial charge in [0, 0.05) is 32.7 Å². The standard InChI is InChI=1S/C34H26ClN3S/c35-28-22-20-27(21-23-28)34-24-32(25-12-4-1-5-13-25)39-31-19-11-10-18-30(31)37(34)33(26-14-6-2-7-15-26)36-38(34)29-16-8-3-9-17-29/h1-23,32H,24H2. The minimum absolute atomic E-state index is 0.185. The van der Waals surface area contributed by atoms with Gasteiger partial charge in [0.05, 0.1) is 11.4 Å². The van der Waals surface area contributed by atoms with Crippen molar-refractivity contribution in [2.24, 2.45) is 5.10 Å². The fourth-order valence-corrected chi connectivity index (χ4v) is 7.21. The van der Waals surface area contributed by atoms with Gasteiger partial charge in [-0.25, -0.2) is 5.01 Å². The molecule has 0 N–H and O–H groups in total. The van der Waals surface area contributed by atoms with Crippen LogP contribution in [0.5, 0.6) is 0 Å². The third kappa shape index (κ3) is 4.12. The van der Waals surface area contributed by atoms with Gasteiger partial charge in [-0.2, -0.15) is 5.10 Å². The van der Waals surface area contributed by atoms with Crippen molar-refractivity contribution in [1.82, 2.24) is 0 Å². The molecule has 0 aromatic heterocycles. The van der Waals surface area contributed by atoms with Crippen LogP contribution >= 0.6 is 23.4 Å². The SMILES string of the molecule is Clc1ccc(C23CC(c4ccccc4)Sc4ccccc4N2C(c2ccccc2)=NN3c2ccccc2)cc1. The van der Waals surface area contributed by atoms with E-state index in [0.717, 1.165) is 39.8 Å². The van der Waals surface area contributed by atoms with Gasteiger partial charge in [0.25, 0.3) is 0 Å². The normalized spacial score (nSPS) is 20.1. The highest BCUT2D eigenvalue weighted by atomic mass is 35.5. The van der Waals surface area contributed by atoms with E-state index >= 15 is 0 Å². The van der Waals surface area contributed by atoms with Crippen LogP contribution in [0.4, 0.5) is 11.4 Å². The summed E-state index contributed by atoms with van der Waals surface area (Å²) in [6.07, 6.45) is 0.798. The molecular formula is C34H26ClN3S. The van der Waals surface area contributed by atoms with E-state index in [1.54, 1.807) is 0 Å². The molecule has 2 aliphatic heterocycles. The van der Waals surface area contributed by atoms with Gasteiger partial charge in [0.1, 0.15) is 0 Å². The van der Waals surface area contributed by atoms with Crippen LogP contribution in [-0.2, 0) is 5.66 Å². The van der Waals surface area contributed by atoms with Crippen molar-refractivity contribution < 1.29 is 0 Å². The van der Waals surface area contributed by atoms with Crippen molar-refractivity contribution in [2.45, 2.75) is 22.2 Å². The summed E-state index contributed by atoms with van der Waals surface area (Å²) in [5.74, 6) is 0.927. The molecule has 2 heterocycles. The van der Waals surface area contributed by atoms with E-state index in [1.165, 1.54) is 10.5 Å². The topological polar surface area (TPSA) is 18.8 Å². The summed E-state index contributed by atoms with van der Waals surface area (Å²) < 4.78 is 0. The minimum Gasteiger partial charge on any atom is -0.294 e. The van der Waals surface area contributed by atoms with Crippen LogP contribution in [0.2, 0.25) is 5.02 Å². The molecule has 7 rings (SSSR count). The summed E-state index contributed by atoms with van der Waals surface area (Å²) in [7, 11) is 0. The van der Waals surface area contributed by atoms with Crippen molar-refractivity contribution >= 4 is 40.6 Å². The van der Waals surface area contributed by atoms with Gasteiger partial charge in [-0.3, -0.25) is 4.90 Å². The van der Waals surface area contributed by atoms with E-state index in [2.05, 4.69) is 137 Å². The summed E-state index contributed by atoms with van der Waals surface area (Å²) in [6.45, 7) is 0. The number of fused-ring (bicyclic) bond motifs is 3. The van der Waals surface area contributed by atoms with Crippen LogP contribution in [0.25, 0.3) is 0 Å². The van der Waals surface area contributed by atoms with Crippen molar-refractivity contribution in [1.29, 1.82) is 0 Å². The summed E-state index contributed by atoms with van der Waals surface area (Å²) in [6, 6.07) is 48.9. The number of hydrogen-bond acceptors (Lipinski definition) is 4. The van der Waals surface area contributed by atoms with E-state index in [9.17, 15) is 0 Å². The van der Waals surface area contributed by atoms with Crippen LogP contribution < -0.4 is 9.91 Å². The number of anilines is 2. The summed E-state index contributed by atoms with van der Waals surface area (Å²) in [5, 5.41) is 8.58. The lowest BCUT2D eigenvalue weighted by Gasteiger charge is -2.45. The van der Waals surface area contributed by atoms with Crippen LogP contribution in [0.15, 0.2) is 150 Å². The van der Waals surface area contributed by atoms with Crippen LogP contribution in [0.1, 0.15) is 28.4 Å². The average molecular weight is 544 g/mol. The monoisotopic (exact) mass is 543 g/mol. The number of para-hydroxylation sites is 2. The number of benzene rings is 5. The Balaban J connectivity index is 1.56. The molecule has 0 aliphatic carbocycles. The number of hydrazone groups is 1. The molecule has 2 atom stereocenters. The molecule has 2 unspecified atom stereocenters. The van der Waals surface area contributed by atoms with Gasteiger partial charge < -0.3 is 0 Å². The van der Waals surface area contributed by atoms with Gasteiger partial charge in [0.15, 0.2) is 11.5 Å². The summed E-state index contributed by atoms with van der Waals surface area (Å²) >= 11 is 8.38. The Kier molecular flexibility index (Phi) is 6.15. The smallest absolute Gasteiger partial charge is 0.167 e. The van der Waals surface area contributed by atoms with Gasteiger partial charge >= 0.3 is 0 Å². The maximum atomic E-state index is 6.45. The van der Waals surface area contributed by atoms with Crippen LogP contribution in [0, 0.1) is 0 Å². The van der Waals surface area contributed by atoms with E-state index in [4.69, 9.17) is 16.7 Å². The van der Waals surface area contributed by atoms with E-state index in [1.807, 2.05) is 23.9 Å². The molecular weight excluding hydrogens is 518 g/mol. The Morgan fingerprint density at radius 1 is 0.692 bits per heavy atom. The quantitative estimate of drug-likeness (QED) is 0.225. The lowest BCUT2D eigenvalue weighted by Crippen LogP contribution is -2.54. The Morgan fingerprint density at radius 3 is 2.03 bits per heavy atom. The van der Waals surface area contributed by atoms with Gasteiger partial charge in [-0.05, 0) is 42.0 Å². The zero-order valence-corrected chi connectivity index (χ0v) is 22.8. The second-order valence-corrected chi connectivity index (χ2v) is 11.5. The number of nitrogens with zero attached hydrogens (tertiary/aromatic N) is 3. The first-order valence-corrected chi connectivity index (χ1v) is 14.4. The molecule has 39 heavy (non-hydrogen) atoms. The molecule has 0 saturated carbocycles. The largest absolute Gasteiger partial charge is 0.294 e. The number of amidine groups is 1. The van der Waals surface area contributed by atoms with Gasteiger partial charge in [0.2, 0.25) is 0 Å². The Morgan fingerprint density at radius 2 is 1.31 bits per heavy atom. The second-order valence-electron chi connectivity index (χ2n) is 9.78. The van der Waals surface area contributed by atoms with Crippen molar-refractivity contribution in [3.63, 3.8) is 0 Å². The summed E-state index contributed by atoms with van der Waals surface area (Å²) in [5.41, 5.74) is 5.07. The zero-order chi connectivity index (χ0) is 26.2. The highest BCUT2D eigenvalue weighted by Gasteiger charge is 2.55. The van der Waals surface area contributed by atoms with Crippen molar-refractivity contribution in [3.8, 4) is 0 Å². The highest BCUT2D eigenvalue weighted by Crippen LogP contribution is 2.57. The molecule has 0 amide bonds. The van der Waals surface area contributed by atoms with Crippen LogP contribution in [-0.4, -0.2) is 5.84 Å². The van der Waals surface area contributed by atoms with Crippen LogP contribution in [0.3, 0.4) is 0 Å². The molecule has 2 aliphatic rings. The van der Waals surface area contributed by atoms with E-state index in [-0.39, 0.29) is 5.25 Å². The molecule has 0 spiro atoms. The van der Waals surface area contributed by atoms with Gasteiger partial charge in [-0.15, -0.1) is 11.8 Å². The lowest BCUT2D eigenvalue weighted by atomic mass is 9.88. The average Bonchev–Trinajstić information content (AvgIpc) is 3.26. The molecule has 0 bridgehead atoms. The molecule has 3 nitrogen and oxygen atoms in total. The number of halogens is 1.